The van der Waals surface area contributed by atoms with Crippen LogP contribution in [-0.4, -0.2) is 5.11 Å². The summed E-state index contributed by atoms with van der Waals surface area (Å²) >= 11 is 3.44. The molecular formula is C13H19BrO2. The topological polar surface area (TPSA) is 33.4 Å². The molecule has 1 saturated carbocycles. The molecule has 16 heavy (non-hydrogen) atoms. The fourth-order valence-corrected chi connectivity index (χ4v) is 3.23. The highest BCUT2D eigenvalue weighted by atomic mass is 79.9. The fourth-order valence-electron chi connectivity index (χ4n) is 2.66. The smallest absolute Gasteiger partial charge is 0.149 e. The summed E-state index contributed by atoms with van der Waals surface area (Å²) in [7, 11) is 0. The van der Waals surface area contributed by atoms with Crippen molar-refractivity contribution in [3.63, 3.8) is 0 Å². The molecule has 0 spiro atoms. The van der Waals surface area contributed by atoms with Gasteiger partial charge in [0.25, 0.3) is 0 Å². The van der Waals surface area contributed by atoms with Gasteiger partial charge in [-0.1, -0.05) is 19.8 Å². The van der Waals surface area contributed by atoms with Crippen LogP contribution in [0.2, 0.25) is 0 Å². The summed E-state index contributed by atoms with van der Waals surface area (Å²) in [6.07, 6.45) is 7.90. The predicted octanol–water partition coefficient (Wildman–Crippen LogP) is 4.22. The Balaban J connectivity index is 2.16. The van der Waals surface area contributed by atoms with Gasteiger partial charge in [-0.25, -0.2) is 0 Å². The Kier molecular flexibility index (Phi) is 3.75. The largest absolute Gasteiger partial charge is 0.465 e. The van der Waals surface area contributed by atoms with E-state index in [0.717, 1.165) is 36.1 Å². The summed E-state index contributed by atoms with van der Waals surface area (Å²) in [4.78, 5) is 0. The third kappa shape index (κ3) is 2.35. The van der Waals surface area contributed by atoms with Crippen LogP contribution in [-0.2, 0) is 5.60 Å². The minimum atomic E-state index is -0.758. The van der Waals surface area contributed by atoms with E-state index in [1.54, 1.807) is 6.26 Å². The Morgan fingerprint density at radius 3 is 2.94 bits per heavy atom. The third-order valence-electron chi connectivity index (χ3n) is 3.79. The number of aliphatic hydroxyl groups is 1. The van der Waals surface area contributed by atoms with Crippen LogP contribution < -0.4 is 0 Å². The molecule has 1 aromatic rings. The predicted molar refractivity (Wildman–Crippen MR) is 67.2 cm³/mol. The molecule has 0 aromatic carbocycles. The molecule has 3 heteroatoms. The van der Waals surface area contributed by atoms with Crippen molar-refractivity contribution in [2.24, 2.45) is 5.92 Å². The summed E-state index contributed by atoms with van der Waals surface area (Å²) in [5, 5.41) is 10.7. The first-order valence-corrected chi connectivity index (χ1v) is 6.91. The lowest BCUT2D eigenvalue weighted by Gasteiger charge is -2.24. The molecule has 2 unspecified atom stereocenters. The zero-order valence-corrected chi connectivity index (χ0v) is 11.3. The van der Waals surface area contributed by atoms with Gasteiger partial charge in [0.15, 0.2) is 0 Å². The number of furan rings is 1. The summed E-state index contributed by atoms with van der Waals surface area (Å²) in [6.45, 7) is 2.23. The molecular weight excluding hydrogens is 268 g/mol. The van der Waals surface area contributed by atoms with Crippen molar-refractivity contribution in [1.82, 2.24) is 0 Å². The van der Waals surface area contributed by atoms with Crippen molar-refractivity contribution < 1.29 is 9.52 Å². The van der Waals surface area contributed by atoms with E-state index < -0.39 is 5.60 Å². The van der Waals surface area contributed by atoms with Gasteiger partial charge in [-0.3, -0.25) is 0 Å². The zero-order chi connectivity index (χ0) is 11.6. The third-order valence-corrected chi connectivity index (χ3v) is 4.41. The first kappa shape index (κ1) is 12.2. The molecule has 0 radical (unpaired) electrons. The second-order valence-corrected chi connectivity index (χ2v) is 5.69. The number of rotatable bonds is 2. The molecule has 1 aliphatic carbocycles. The standard InChI is InChI=1S/C13H19BrO2/c1-2-10-4-3-7-13(15,8-5-10)12-11(14)6-9-16-12/h6,9-10,15H,2-5,7-8H2,1H3. The lowest BCUT2D eigenvalue weighted by molar-refractivity contribution is -0.00204. The van der Waals surface area contributed by atoms with Crippen LogP contribution in [0.25, 0.3) is 0 Å². The summed E-state index contributed by atoms with van der Waals surface area (Å²) in [6, 6.07) is 1.86. The Hall–Kier alpha value is -0.280. The van der Waals surface area contributed by atoms with Crippen molar-refractivity contribution >= 4 is 15.9 Å². The van der Waals surface area contributed by atoms with E-state index in [1.165, 1.54) is 12.8 Å². The normalized spacial score (nSPS) is 31.3. The molecule has 90 valence electrons. The molecule has 0 saturated heterocycles. The van der Waals surface area contributed by atoms with Crippen molar-refractivity contribution in [2.75, 3.05) is 0 Å². The highest BCUT2D eigenvalue weighted by Gasteiger charge is 2.36. The van der Waals surface area contributed by atoms with Gasteiger partial charge in [-0.15, -0.1) is 0 Å². The molecule has 0 aliphatic heterocycles. The average Bonchev–Trinajstić information content (AvgIpc) is 2.60. The minimum absolute atomic E-state index is 0.712. The number of hydrogen-bond donors (Lipinski definition) is 1. The van der Waals surface area contributed by atoms with Gasteiger partial charge in [-0.2, -0.15) is 0 Å². The minimum Gasteiger partial charge on any atom is -0.465 e. The first-order valence-electron chi connectivity index (χ1n) is 6.11. The van der Waals surface area contributed by atoms with E-state index in [2.05, 4.69) is 22.9 Å². The Morgan fingerprint density at radius 1 is 1.50 bits per heavy atom. The Bertz CT molecular complexity index is 347. The molecule has 2 atom stereocenters. The molecule has 1 aromatic heterocycles. The van der Waals surface area contributed by atoms with Gasteiger partial charge in [0, 0.05) is 0 Å². The van der Waals surface area contributed by atoms with Crippen LogP contribution in [0.4, 0.5) is 0 Å². The Labute approximate surface area is 105 Å². The summed E-state index contributed by atoms with van der Waals surface area (Å²) in [5.41, 5.74) is -0.758. The van der Waals surface area contributed by atoms with E-state index in [9.17, 15) is 5.11 Å². The maximum atomic E-state index is 10.7. The highest BCUT2D eigenvalue weighted by molar-refractivity contribution is 9.10. The quantitative estimate of drug-likeness (QED) is 0.826. The van der Waals surface area contributed by atoms with Gasteiger partial charge < -0.3 is 9.52 Å². The molecule has 1 aliphatic rings. The average molecular weight is 287 g/mol. The van der Waals surface area contributed by atoms with Crippen molar-refractivity contribution in [1.29, 1.82) is 0 Å². The monoisotopic (exact) mass is 286 g/mol. The van der Waals surface area contributed by atoms with Crippen LogP contribution in [0.3, 0.4) is 0 Å². The fraction of sp³-hybridized carbons (Fsp3) is 0.692. The molecule has 2 rings (SSSR count). The van der Waals surface area contributed by atoms with Crippen LogP contribution in [0.1, 0.15) is 51.2 Å². The van der Waals surface area contributed by atoms with Gasteiger partial charge in [-0.05, 0) is 53.6 Å². The van der Waals surface area contributed by atoms with Gasteiger partial charge >= 0.3 is 0 Å². The van der Waals surface area contributed by atoms with Crippen molar-refractivity contribution in [3.8, 4) is 0 Å². The van der Waals surface area contributed by atoms with Crippen LogP contribution in [0.15, 0.2) is 21.2 Å². The molecule has 0 bridgehead atoms. The molecule has 2 nitrogen and oxygen atoms in total. The zero-order valence-electron chi connectivity index (χ0n) is 9.71. The maximum absolute atomic E-state index is 10.7. The second-order valence-electron chi connectivity index (χ2n) is 4.83. The van der Waals surface area contributed by atoms with E-state index in [4.69, 9.17) is 4.42 Å². The van der Waals surface area contributed by atoms with E-state index in [0.29, 0.717) is 5.76 Å². The van der Waals surface area contributed by atoms with Crippen molar-refractivity contribution in [3.05, 3.63) is 22.6 Å². The van der Waals surface area contributed by atoms with Crippen LogP contribution >= 0.6 is 15.9 Å². The second kappa shape index (κ2) is 4.92. The lowest BCUT2D eigenvalue weighted by Crippen LogP contribution is -2.24. The molecule has 0 amide bonds. The molecule has 1 fully saturated rings. The van der Waals surface area contributed by atoms with Gasteiger partial charge in [0.05, 0.1) is 10.7 Å². The molecule has 1 heterocycles. The summed E-state index contributed by atoms with van der Waals surface area (Å²) < 4.78 is 6.33. The van der Waals surface area contributed by atoms with Crippen molar-refractivity contribution in [2.45, 2.75) is 51.0 Å². The Morgan fingerprint density at radius 2 is 2.31 bits per heavy atom. The van der Waals surface area contributed by atoms with Crippen LogP contribution in [0.5, 0.6) is 0 Å². The number of halogens is 1. The molecule has 1 N–H and O–H groups in total. The highest BCUT2D eigenvalue weighted by Crippen LogP contribution is 2.41. The van der Waals surface area contributed by atoms with Gasteiger partial charge in [0.2, 0.25) is 0 Å². The maximum Gasteiger partial charge on any atom is 0.149 e. The van der Waals surface area contributed by atoms with E-state index in [1.807, 2.05) is 6.07 Å². The SMILES string of the molecule is CCC1CCCC(O)(c2occc2Br)CC1. The summed E-state index contributed by atoms with van der Waals surface area (Å²) in [5.74, 6) is 1.48. The lowest BCUT2D eigenvalue weighted by atomic mass is 9.91. The van der Waals surface area contributed by atoms with E-state index >= 15 is 0 Å². The first-order chi connectivity index (χ1) is 7.65. The van der Waals surface area contributed by atoms with Crippen LogP contribution in [0, 0.1) is 5.92 Å². The number of hydrogen-bond acceptors (Lipinski definition) is 2. The van der Waals surface area contributed by atoms with E-state index in [-0.39, 0.29) is 0 Å². The van der Waals surface area contributed by atoms with Gasteiger partial charge in [0.1, 0.15) is 11.4 Å².